The maximum Gasteiger partial charge on any atom is 0.229 e. The number of carbonyl (C=O) groups excluding carboxylic acids is 2. The van der Waals surface area contributed by atoms with Crippen molar-refractivity contribution in [1.82, 2.24) is 5.32 Å². The highest BCUT2D eigenvalue weighted by atomic mass is 35.5. The Kier molecular flexibility index (Phi) is 6.86. The molecule has 2 aliphatic rings. The highest BCUT2D eigenvalue weighted by Crippen LogP contribution is 2.31. The van der Waals surface area contributed by atoms with Crippen LogP contribution in [0.15, 0.2) is 24.3 Å². The van der Waals surface area contributed by atoms with Crippen molar-refractivity contribution in [3.8, 4) is 5.75 Å². The van der Waals surface area contributed by atoms with Crippen molar-refractivity contribution < 1.29 is 19.1 Å². The second-order valence-electron chi connectivity index (χ2n) is 6.68. The predicted octanol–water partition coefficient (Wildman–Crippen LogP) is 1.09. The first-order chi connectivity index (χ1) is 12.1. The molecule has 26 heavy (non-hydrogen) atoms. The Bertz CT molecular complexity index is 649. The van der Waals surface area contributed by atoms with Crippen molar-refractivity contribution in [2.24, 2.45) is 11.1 Å². The van der Waals surface area contributed by atoms with E-state index in [0.717, 1.165) is 5.69 Å². The quantitative estimate of drug-likeness (QED) is 0.793. The zero-order valence-electron chi connectivity index (χ0n) is 14.9. The molecule has 8 heteroatoms. The topological polar surface area (TPSA) is 93.9 Å². The lowest BCUT2D eigenvalue weighted by Crippen LogP contribution is -2.52. The minimum Gasteiger partial charge on any atom is -0.497 e. The number of rotatable bonds is 5. The van der Waals surface area contributed by atoms with E-state index in [9.17, 15) is 9.59 Å². The Morgan fingerprint density at radius 3 is 2.81 bits per heavy atom. The van der Waals surface area contributed by atoms with Gasteiger partial charge in [-0.15, -0.1) is 12.4 Å². The van der Waals surface area contributed by atoms with Gasteiger partial charge in [0.2, 0.25) is 11.8 Å². The zero-order chi connectivity index (χ0) is 17.9. The summed E-state index contributed by atoms with van der Waals surface area (Å²) in [6.45, 7) is 1.84. The molecule has 0 aromatic heterocycles. The highest BCUT2D eigenvalue weighted by Gasteiger charge is 2.41. The first kappa shape index (κ1) is 20.5. The lowest BCUT2D eigenvalue weighted by atomic mass is 9.79. The summed E-state index contributed by atoms with van der Waals surface area (Å²) in [6.07, 6.45) is 1.53. The number of hydrogen-bond donors (Lipinski definition) is 2. The predicted molar refractivity (Wildman–Crippen MR) is 101 cm³/mol. The molecule has 0 radical (unpaired) electrons. The molecule has 3 rings (SSSR count). The van der Waals surface area contributed by atoms with Crippen LogP contribution in [0.5, 0.6) is 5.75 Å². The Labute approximate surface area is 159 Å². The normalized spacial score (nSPS) is 21.8. The lowest BCUT2D eigenvalue weighted by Gasteiger charge is -2.35. The van der Waals surface area contributed by atoms with E-state index in [1.54, 1.807) is 12.0 Å². The van der Waals surface area contributed by atoms with Crippen molar-refractivity contribution in [3.63, 3.8) is 0 Å². The summed E-state index contributed by atoms with van der Waals surface area (Å²) in [5, 5.41) is 3.03. The largest absolute Gasteiger partial charge is 0.497 e. The Hall–Kier alpha value is -1.83. The van der Waals surface area contributed by atoms with Gasteiger partial charge < -0.3 is 25.4 Å². The molecule has 0 saturated carbocycles. The summed E-state index contributed by atoms with van der Waals surface area (Å²) in [5.74, 6) is 0.623. The molecule has 1 unspecified atom stereocenters. The van der Waals surface area contributed by atoms with Gasteiger partial charge in [-0.3, -0.25) is 9.59 Å². The van der Waals surface area contributed by atoms with Gasteiger partial charge >= 0.3 is 0 Å². The minimum atomic E-state index is -0.579. The lowest BCUT2D eigenvalue weighted by molar-refractivity contribution is -0.136. The van der Waals surface area contributed by atoms with E-state index in [4.69, 9.17) is 15.2 Å². The number of nitrogens with zero attached hydrogens (tertiary/aromatic N) is 1. The molecule has 0 bridgehead atoms. The van der Waals surface area contributed by atoms with Gasteiger partial charge in [0.15, 0.2) is 0 Å². The number of amides is 2. The maximum absolute atomic E-state index is 12.8. The summed E-state index contributed by atoms with van der Waals surface area (Å²) in [5.41, 5.74) is 6.08. The molecule has 1 aromatic rings. The van der Waals surface area contributed by atoms with E-state index in [-0.39, 0.29) is 30.3 Å². The van der Waals surface area contributed by atoms with Gasteiger partial charge in [0, 0.05) is 44.5 Å². The van der Waals surface area contributed by atoms with Crippen LogP contribution in [0.2, 0.25) is 0 Å². The van der Waals surface area contributed by atoms with Gasteiger partial charge in [-0.05, 0) is 25.0 Å². The van der Waals surface area contributed by atoms with E-state index < -0.39 is 5.41 Å². The average Bonchev–Trinajstić information content (AvgIpc) is 3.02. The maximum atomic E-state index is 12.8. The number of methoxy groups -OCH3 is 1. The molecule has 1 atom stereocenters. The molecule has 2 heterocycles. The number of ether oxygens (including phenoxy) is 2. The number of carbonyl (C=O) groups is 2. The summed E-state index contributed by atoms with van der Waals surface area (Å²) < 4.78 is 10.6. The van der Waals surface area contributed by atoms with Gasteiger partial charge in [0.05, 0.1) is 18.6 Å². The van der Waals surface area contributed by atoms with E-state index in [0.29, 0.717) is 51.3 Å². The third-order valence-corrected chi connectivity index (χ3v) is 5.15. The van der Waals surface area contributed by atoms with Crippen LogP contribution in [0, 0.1) is 5.41 Å². The smallest absolute Gasteiger partial charge is 0.229 e. The van der Waals surface area contributed by atoms with Crippen LogP contribution < -0.4 is 20.7 Å². The molecule has 1 aromatic carbocycles. The van der Waals surface area contributed by atoms with Crippen molar-refractivity contribution >= 4 is 29.9 Å². The summed E-state index contributed by atoms with van der Waals surface area (Å²) in [4.78, 5) is 26.8. The Balaban J connectivity index is 0.00000243. The fourth-order valence-corrected chi connectivity index (χ4v) is 3.46. The second kappa shape index (κ2) is 8.70. The molecule has 2 saturated heterocycles. The van der Waals surface area contributed by atoms with Gasteiger partial charge in [-0.25, -0.2) is 0 Å². The molecule has 2 amide bonds. The first-order valence-corrected chi connectivity index (χ1v) is 8.61. The molecular formula is C18H26ClN3O4. The van der Waals surface area contributed by atoms with E-state index in [1.807, 2.05) is 24.3 Å². The van der Waals surface area contributed by atoms with Gasteiger partial charge in [0.1, 0.15) is 5.75 Å². The third kappa shape index (κ3) is 4.11. The highest BCUT2D eigenvalue weighted by molar-refractivity contribution is 5.97. The molecule has 0 spiro atoms. The van der Waals surface area contributed by atoms with Gasteiger partial charge in [-0.1, -0.05) is 6.07 Å². The monoisotopic (exact) mass is 383 g/mol. The third-order valence-electron chi connectivity index (χ3n) is 5.15. The van der Waals surface area contributed by atoms with Crippen molar-refractivity contribution in [2.45, 2.75) is 25.3 Å². The van der Waals surface area contributed by atoms with E-state index >= 15 is 0 Å². The van der Waals surface area contributed by atoms with Crippen LogP contribution in [0.4, 0.5) is 5.69 Å². The van der Waals surface area contributed by atoms with Crippen LogP contribution in [0.25, 0.3) is 0 Å². The van der Waals surface area contributed by atoms with Crippen LogP contribution in [0.3, 0.4) is 0 Å². The van der Waals surface area contributed by atoms with Crippen LogP contribution in [-0.2, 0) is 14.3 Å². The fraction of sp³-hybridized carbons (Fsp3) is 0.556. The molecule has 3 N–H and O–H groups in total. The number of hydrogen-bond acceptors (Lipinski definition) is 5. The SMILES string of the molecule is COc1cccc(N2CC(NC(=O)C3(CN)CCOCC3)CC2=O)c1.Cl. The van der Waals surface area contributed by atoms with Crippen molar-refractivity contribution in [2.75, 3.05) is 38.3 Å². The van der Waals surface area contributed by atoms with Crippen molar-refractivity contribution in [1.29, 1.82) is 0 Å². The van der Waals surface area contributed by atoms with Crippen LogP contribution in [0.1, 0.15) is 19.3 Å². The Morgan fingerprint density at radius 2 is 2.15 bits per heavy atom. The summed E-state index contributed by atoms with van der Waals surface area (Å²) >= 11 is 0. The average molecular weight is 384 g/mol. The molecule has 2 aliphatic heterocycles. The molecule has 2 fully saturated rings. The van der Waals surface area contributed by atoms with E-state index in [1.165, 1.54) is 0 Å². The number of nitrogens with one attached hydrogen (secondary N) is 1. The summed E-state index contributed by atoms with van der Waals surface area (Å²) in [7, 11) is 1.59. The standard InChI is InChI=1S/C18H25N3O4.ClH/c1-24-15-4-2-3-14(10-15)21-11-13(9-16(21)22)20-17(23)18(12-19)5-7-25-8-6-18;/h2-4,10,13H,5-9,11-12,19H2,1H3,(H,20,23);1H. The molecule has 7 nitrogen and oxygen atoms in total. The minimum absolute atomic E-state index is 0. The zero-order valence-corrected chi connectivity index (χ0v) is 15.7. The number of anilines is 1. The van der Waals surface area contributed by atoms with Crippen LogP contribution >= 0.6 is 12.4 Å². The number of halogens is 1. The number of benzene rings is 1. The van der Waals surface area contributed by atoms with Gasteiger partial charge in [-0.2, -0.15) is 0 Å². The molecule has 144 valence electrons. The molecular weight excluding hydrogens is 358 g/mol. The first-order valence-electron chi connectivity index (χ1n) is 8.61. The van der Waals surface area contributed by atoms with Crippen LogP contribution in [-0.4, -0.2) is 51.3 Å². The second-order valence-corrected chi connectivity index (χ2v) is 6.68. The van der Waals surface area contributed by atoms with Crippen molar-refractivity contribution in [3.05, 3.63) is 24.3 Å². The molecule has 0 aliphatic carbocycles. The van der Waals surface area contributed by atoms with E-state index in [2.05, 4.69) is 5.32 Å². The number of nitrogens with two attached hydrogens (primary N) is 1. The Morgan fingerprint density at radius 1 is 1.42 bits per heavy atom. The fourth-order valence-electron chi connectivity index (χ4n) is 3.46. The summed E-state index contributed by atoms with van der Waals surface area (Å²) in [6, 6.07) is 7.16. The van der Waals surface area contributed by atoms with Gasteiger partial charge in [0.25, 0.3) is 0 Å².